The lowest BCUT2D eigenvalue weighted by atomic mass is 10.2. The van der Waals surface area contributed by atoms with Crippen LogP contribution < -0.4 is 11.1 Å². The first-order chi connectivity index (χ1) is 12.1. The maximum atomic E-state index is 12.1. The zero-order valence-electron chi connectivity index (χ0n) is 13.6. The molecule has 0 saturated carbocycles. The molecule has 25 heavy (non-hydrogen) atoms. The summed E-state index contributed by atoms with van der Waals surface area (Å²) in [4.78, 5) is 29.4. The standard InChI is InChI=1S/C17H16N4O3S/c1-11-2-3-14-13(8-11)21(17(23)24-14)5-4-15(22)18-9-12-10-20-6-7-25-16(20)19-12/h2-3,6-8,10H,4-5,9H2,1H3,(H,18,22). The number of aryl methyl sites for hydroxylation is 2. The van der Waals surface area contributed by atoms with E-state index in [1.54, 1.807) is 17.4 Å². The summed E-state index contributed by atoms with van der Waals surface area (Å²) in [7, 11) is 0. The topological polar surface area (TPSA) is 81.5 Å². The molecule has 1 N–H and O–H groups in total. The average molecular weight is 356 g/mol. The monoisotopic (exact) mass is 356 g/mol. The van der Waals surface area contributed by atoms with Crippen LogP contribution in [0.2, 0.25) is 0 Å². The van der Waals surface area contributed by atoms with Crippen molar-refractivity contribution in [2.45, 2.75) is 26.4 Å². The molecule has 3 aromatic heterocycles. The van der Waals surface area contributed by atoms with Gasteiger partial charge in [0.05, 0.1) is 17.8 Å². The highest BCUT2D eigenvalue weighted by atomic mass is 32.1. The Hall–Kier alpha value is -2.87. The molecule has 3 heterocycles. The van der Waals surface area contributed by atoms with Gasteiger partial charge in [-0.15, -0.1) is 11.3 Å². The second kappa shape index (κ2) is 6.21. The minimum Gasteiger partial charge on any atom is -0.408 e. The third-order valence-corrected chi connectivity index (χ3v) is 4.77. The van der Waals surface area contributed by atoms with Gasteiger partial charge in [-0.05, 0) is 24.6 Å². The van der Waals surface area contributed by atoms with Crippen molar-refractivity contribution in [3.63, 3.8) is 0 Å². The highest BCUT2D eigenvalue weighted by molar-refractivity contribution is 7.15. The number of oxazole rings is 1. The number of fused-ring (bicyclic) bond motifs is 2. The molecule has 0 aliphatic rings. The number of carbonyl (C=O) groups excluding carboxylic acids is 1. The molecule has 1 aromatic carbocycles. The third kappa shape index (κ3) is 3.08. The van der Waals surface area contributed by atoms with E-state index in [0.29, 0.717) is 17.6 Å². The Bertz CT molecular complexity index is 1090. The summed E-state index contributed by atoms with van der Waals surface area (Å²) in [6.07, 6.45) is 4.02. The molecular formula is C17H16N4O3S. The molecule has 0 spiro atoms. The number of aromatic nitrogens is 3. The van der Waals surface area contributed by atoms with E-state index < -0.39 is 5.76 Å². The van der Waals surface area contributed by atoms with E-state index in [0.717, 1.165) is 16.2 Å². The lowest BCUT2D eigenvalue weighted by Crippen LogP contribution is -2.25. The van der Waals surface area contributed by atoms with Gasteiger partial charge in [0.25, 0.3) is 0 Å². The Labute approximate surface area is 146 Å². The maximum Gasteiger partial charge on any atom is 0.419 e. The number of hydrogen-bond donors (Lipinski definition) is 1. The number of thiazole rings is 1. The van der Waals surface area contributed by atoms with Crippen molar-refractivity contribution >= 4 is 33.3 Å². The lowest BCUT2D eigenvalue weighted by Gasteiger charge is -2.04. The van der Waals surface area contributed by atoms with Gasteiger partial charge in [0.1, 0.15) is 0 Å². The average Bonchev–Trinajstić information content (AvgIpc) is 3.24. The molecule has 0 atom stereocenters. The molecule has 0 unspecified atom stereocenters. The van der Waals surface area contributed by atoms with E-state index in [9.17, 15) is 9.59 Å². The normalized spacial score (nSPS) is 11.4. The summed E-state index contributed by atoms with van der Waals surface area (Å²) in [5.41, 5.74) is 3.09. The van der Waals surface area contributed by atoms with Crippen LogP contribution in [0.4, 0.5) is 0 Å². The lowest BCUT2D eigenvalue weighted by molar-refractivity contribution is -0.121. The van der Waals surface area contributed by atoms with Crippen molar-refractivity contribution in [3.8, 4) is 0 Å². The fourth-order valence-electron chi connectivity index (χ4n) is 2.74. The van der Waals surface area contributed by atoms with Crippen molar-refractivity contribution in [2.24, 2.45) is 0 Å². The maximum absolute atomic E-state index is 12.1. The first kappa shape index (κ1) is 15.6. The van der Waals surface area contributed by atoms with Crippen molar-refractivity contribution in [1.82, 2.24) is 19.3 Å². The second-order valence-corrected chi connectivity index (χ2v) is 6.72. The predicted octanol–water partition coefficient (Wildman–Crippen LogP) is 2.32. The van der Waals surface area contributed by atoms with E-state index in [1.165, 1.54) is 4.57 Å². The number of carbonyl (C=O) groups is 1. The van der Waals surface area contributed by atoms with Crippen LogP contribution in [0.5, 0.6) is 0 Å². The van der Waals surface area contributed by atoms with E-state index in [-0.39, 0.29) is 18.9 Å². The van der Waals surface area contributed by atoms with Crippen molar-refractivity contribution in [3.05, 3.63) is 57.8 Å². The molecule has 4 aromatic rings. The van der Waals surface area contributed by atoms with Crippen LogP contribution in [-0.4, -0.2) is 19.9 Å². The summed E-state index contributed by atoms with van der Waals surface area (Å²) in [6, 6.07) is 5.54. The summed E-state index contributed by atoms with van der Waals surface area (Å²) in [5, 5.41) is 4.79. The van der Waals surface area contributed by atoms with Crippen LogP contribution in [0.25, 0.3) is 16.1 Å². The first-order valence-electron chi connectivity index (χ1n) is 7.88. The Balaban J connectivity index is 1.40. The van der Waals surface area contributed by atoms with Crippen LogP contribution in [0.3, 0.4) is 0 Å². The molecule has 0 radical (unpaired) electrons. The van der Waals surface area contributed by atoms with Crippen LogP contribution in [0, 0.1) is 6.92 Å². The molecule has 4 rings (SSSR count). The van der Waals surface area contributed by atoms with Gasteiger partial charge < -0.3 is 9.73 Å². The molecule has 0 saturated heterocycles. The van der Waals surface area contributed by atoms with Crippen molar-refractivity contribution < 1.29 is 9.21 Å². The molecule has 0 aliphatic heterocycles. The second-order valence-electron chi connectivity index (χ2n) is 5.84. The molecule has 0 fully saturated rings. The van der Waals surface area contributed by atoms with Crippen molar-refractivity contribution in [1.29, 1.82) is 0 Å². The van der Waals surface area contributed by atoms with Gasteiger partial charge in [0.15, 0.2) is 10.5 Å². The number of amides is 1. The molecule has 8 heteroatoms. The van der Waals surface area contributed by atoms with Gasteiger partial charge in [-0.2, -0.15) is 0 Å². The van der Waals surface area contributed by atoms with Gasteiger partial charge in [-0.25, -0.2) is 9.78 Å². The molecule has 7 nitrogen and oxygen atoms in total. The van der Waals surface area contributed by atoms with Crippen LogP contribution in [-0.2, 0) is 17.9 Å². The fraction of sp³-hybridized carbons (Fsp3) is 0.235. The van der Waals surface area contributed by atoms with E-state index in [2.05, 4.69) is 10.3 Å². The molecular weight excluding hydrogens is 340 g/mol. The Morgan fingerprint density at radius 1 is 1.40 bits per heavy atom. The summed E-state index contributed by atoms with van der Waals surface area (Å²) in [6.45, 7) is 2.59. The zero-order chi connectivity index (χ0) is 17.4. The molecule has 1 amide bonds. The number of imidazole rings is 1. The van der Waals surface area contributed by atoms with Gasteiger partial charge in [-0.3, -0.25) is 13.8 Å². The number of benzene rings is 1. The quantitative estimate of drug-likeness (QED) is 0.595. The Kier molecular flexibility index (Phi) is 3.89. The molecule has 128 valence electrons. The SMILES string of the molecule is Cc1ccc2oc(=O)n(CCC(=O)NCc3cn4ccsc4n3)c2c1. The molecule has 0 bridgehead atoms. The van der Waals surface area contributed by atoms with Crippen LogP contribution >= 0.6 is 11.3 Å². The van der Waals surface area contributed by atoms with Gasteiger partial charge in [0, 0.05) is 30.7 Å². The number of nitrogens with one attached hydrogen (secondary N) is 1. The van der Waals surface area contributed by atoms with E-state index in [1.807, 2.05) is 41.2 Å². The highest BCUT2D eigenvalue weighted by Crippen LogP contribution is 2.15. The van der Waals surface area contributed by atoms with Crippen LogP contribution in [0.15, 0.2) is 45.2 Å². The Morgan fingerprint density at radius 3 is 3.12 bits per heavy atom. The number of hydrogen-bond acceptors (Lipinski definition) is 5. The third-order valence-electron chi connectivity index (χ3n) is 4.00. The minimum atomic E-state index is -0.442. The minimum absolute atomic E-state index is 0.134. The first-order valence-corrected chi connectivity index (χ1v) is 8.76. The fourth-order valence-corrected chi connectivity index (χ4v) is 3.45. The molecule has 0 aliphatic carbocycles. The Morgan fingerprint density at radius 2 is 2.28 bits per heavy atom. The largest absolute Gasteiger partial charge is 0.419 e. The zero-order valence-corrected chi connectivity index (χ0v) is 14.4. The van der Waals surface area contributed by atoms with Crippen LogP contribution in [0.1, 0.15) is 17.7 Å². The van der Waals surface area contributed by atoms with E-state index in [4.69, 9.17) is 4.42 Å². The summed E-state index contributed by atoms with van der Waals surface area (Å²) >= 11 is 1.55. The predicted molar refractivity (Wildman–Crippen MR) is 94.7 cm³/mol. The highest BCUT2D eigenvalue weighted by Gasteiger charge is 2.11. The number of rotatable bonds is 5. The summed E-state index contributed by atoms with van der Waals surface area (Å²) < 4.78 is 8.62. The summed E-state index contributed by atoms with van der Waals surface area (Å²) in [5.74, 6) is -0.576. The van der Waals surface area contributed by atoms with E-state index >= 15 is 0 Å². The van der Waals surface area contributed by atoms with Gasteiger partial charge in [0.2, 0.25) is 5.91 Å². The van der Waals surface area contributed by atoms with Crippen molar-refractivity contribution in [2.75, 3.05) is 0 Å². The van der Waals surface area contributed by atoms with Gasteiger partial charge in [-0.1, -0.05) is 6.07 Å². The number of nitrogens with zero attached hydrogens (tertiary/aromatic N) is 3. The van der Waals surface area contributed by atoms with Gasteiger partial charge >= 0.3 is 5.76 Å². The smallest absolute Gasteiger partial charge is 0.408 e.